The number of fused-ring (bicyclic) bond motifs is 1. The van der Waals surface area contributed by atoms with Crippen molar-refractivity contribution in [1.29, 1.82) is 0 Å². The Bertz CT molecular complexity index is 808. The van der Waals surface area contributed by atoms with Gasteiger partial charge in [0.25, 0.3) is 0 Å². The van der Waals surface area contributed by atoms with Crippen molar-refractivity contribution in [1.82, 2.24) is 19.5 Å². The van der Waals surface area contributed by atoms with Crippen LogP contribution >= 0.6 is 7.82 Å². The average Bonchev–Trinajstić information content (AvgIpc) is 3.08. The van der Waals surface area contributed by atoms with Crippen LogP contribution in [0.3, 0.4) is 0 Å². The third kappa shape index (κ3) is 3.37. The maximum Gasteiger partial charge on any atom is 0.470 e. The molecule has 1 fully saturated rings. The summed E-state index contributed by atoms with van der Waals surface area (Å²) < 4.78 is 22.6. The standard InChI is InChI=1S/C12H18N5O7P/c1-16(2)10-7-11(14-4-13-10)17(5-15-7)12-8(19)9(6(3-18)23-12)24-25(20,21)22/h4-6,8-9,12,18-19H,3H2,1-2H3,(H2,20,21,22)/t6-,8-,9-,12-/m1/s1. The lowest BCUT2D eigenvalue weighted by molar-refractivity contribution is -0.0509. The van der Waals surface area contributed by atoms with Crippen molar-refractivity contribution in [2.75, 3.05) is 25.6 Å². The third-order valence-corrected chi connectivity index (χ3v) is 4.30. The molecule has 4 N–H and O–H groups in total. The number of anilines is 1. The molecule has 0 spiro atoms. The molecule has 0 saturated carbocycles. The Morgan fingerprint density at radius 3 is 2.68 bits per heavy atom. The first-order valence-electron chi connectivity index (χ1n) is 7.26. The number of aliphatic hydroxyl groups excluding tert-OH is 2. The highest BCUT2D eigenvalue weighted by atomic mass is 31.2. The zero-order chi connectivity index (χ0) is 18.4. The van der Waals surface area contributed by atoms with Crippen molar-refractivity contribution < 1.29 is 33.8 Å². The van der Waals surface area contributed by atoms with Crippen LogP contribution in [0.15, 0.2) is 12.7 Å². The fourth-order valence-electron chi connectivity index (χ4n) is 2.74. The second-order valence-electron chi connectivity index (χ2n) is 5.71. The van der Waals surface area contributed by atoms with E-state index >= 15 is 0 Å². The zero-order valence-corrected chi connectivity index (χ0v) is 14.3. The quantitative estimate of drug-likeness (QED) is 0.455. The SMILES string of the molecule is CN(C)c1ncnc2c1ncn2[C@@H]1O[C@H](CO)[C@@H](OP(=O)(O)O)[C@H]1O. The van der Waals surface area contributed by atoms with Gasteiger partial charge in [-0.1, -0.05) is 0 Å². The summed E-state index contributed by atoms with van der Waals surface area (Å²) in [6.07, 6.45) is -2.40. The Morgan fingerprint density at radius 1 is 1.36 bits per heavy atom. The molecule has 4 atom stereocenters. The van der Waals surface area contributed by atoms with Gasteiger partial charge in [-0.05, 0) is 0 Å². The van der Waals surface area contributed by atoms with Gasteiger partial charge in [0.15, 0.2) is 23.2 Å². The van der Waals surface area contributed by atoms with Gasteiger partial charge in [0, 0.05) is 14.1 Å². The van der Waals surface area contributed by atoms with Crippen LogP contribution < -0.4 is 4.90 Å². The second-order valence-corrected chi connectivity index (χ2v) is 6.91. The molecule has 3 rings (SSSR count). The number of imidazole rings is 1. The number of phosphoric acid groups is 1. The van der Waals surface area contributed by atoms with Crippen LogP contribution in [0, 0.1) is 0 Å². The van der Waals surface area contributed by atoms with Gasteiger partial charge in [-0.3, -0.25) is 9.09 Å². The van der Waals surface area contributed by atoms with E-state index in [1.807, 2.05) is 0 Å². The molecule has 138 valence electrons. The van der Waals surface area contributed by atoms with Gasteiger partial charge in [-0.2, -0.15) is 0 Å². The highest BCUT2D eigenvalue weighted by Gasteiger charge is 2.48. The van der Waals surface area contributed by atoms with Crippen LogP contribution in [0.2, 0.25) is 0 Å². The van der Waals surface area contributed by atoms with E-state index in [1.54, 1.807) is 19.0 Å². The van der Waals surface area contributed by atoms with Crippen LogP contribution in [0.4, 0.5) is 5.82 Å². The van der Waals surface area contributed by atoms with Crippen LogP contribution in [-0.2, 0) is 13.8 Å². The fraction of sp³-hybridized carbons (Fsp3) is 0.583. The maximum absolute atomic E-state index is 11.1. The van der Waals surface area contributed by atoms with Crippen molar-refractivity contribution in [3.8, 4) is 0 Å². The minimum Gasteiger partial charge on any atom is -0.394 e. The Morgan fingerprint density at radius 2 is 2.08 bits per heavy atom. The van der Waals surface area contributed by atoms with Crippen LogP contribution in [0.5, 0.6) is 0 Å². The van der Waals surface area contributed by atoms with Gasteiger partial charge in [0.1, 0.15) is 24.6 Å². The summed E-state index contributed by atoms with van der Waals surface area (Å²) in [5.74, 6) is 0.554. The minimum atomic E-state index is -4.88. The molecule has 0 unspecified atom stereocenters. The van der Waals surface area contributed by atoms with Gasteiger partial charge in [0.05, 0.1) is 12.9 Å². The number of phosphoric ester groups is 1. The number of hydrogen-bond donors (Lipinski definition) is 4. The van der Waals surface area contributed by atoms with E-state index in [9.17, 15) is 14.8 Å². The monoisotopic (exact) mass is 375 g/mol. The Labute approximate surface area is 141 Å². The van der Waals surface area contributed by atoms with Crippen molar-refractivity contribution in [2.45, 2.75) is 24.5 Å². The molecular formula is C12H18N5O7P. The molecule has 2 aromatic heterocycles. The largest absolute Gasteiger partial charge is 0.470 e. The Hall–Kier alpha value is -1.66. The van der Waals surface area contributed by atoms with Crippen molar-refractivity contribution in [3.63, 3.8) is 0 Å². The number of aliphatic hydroxyl groups is 2. The van der Waals surface area contributed by atoms with Gasteiger partial charge in [-0.25, -0.2) is 19.5 Å². The first-order valence-corrected chi connectivity index (χ1v) is 8.79. The molecule has 1 aliphatic heterocycles. The lowest BCUT2D eigenvalue weighted by atomic mass is 10.1. The maximum atomic E-state index is 11.1. The van der Waals surface area contributed by atoms with Crippen LogP contribution in [-0.4, -0.2) is 78.5 Å². The average molecular weight is 375 g/mol. The van der Waals surface area contributed by atoms with Crippen molar-refractivity contribution in [2.24, 2.45) is 0 Å². The smallest absolute Gasteiger partial charge is 0.394 e. The molecule has 1 saturated heterocycles. The van der Waals surface area contributed by atoms with E-state index in [2.05, 4.69) is 19.5 Å². The molecule has 2 aromatic rings. The Balaban J connectivity index is 1.98. The molecular weight excluding hydrogens is 357 g/mol. The zero-order valence-electron chi connectivity index (χ0n) is 13.4. The van der Waals surface area contributed by atoms with Crippen LogP contribution in [0.1, 0.15) is 6.23 Å². The van der Waals surface area contributed by atoms with Crippen LogP contribution in [0.25, 0.3) is 11.2 Å². The van der Waals surface area contributed by atoms with E-state index in [1.165, 1.54) is 17.2 Å². The van der Waals surface area contributed by atoms with Gasteiger partial charge >= 0.3 is 7.82 Å². The summed E-state index contributed by atoms with van der Waals surface area (Å²) >= 11 is 0. The molecule has 0 amide bonds. The minimum absolute atomic E-state index is 0.358. The number of rotatable bonds is 5. The lowest BCUT2D eigenvalue weighted by Crippen LogP contribution is -2.35. The molecule has 1 aliphatic rings. The summed E-state index contributed by atoms with van der Waals surface area (Å²) in [5.41, 5.74) is 0.819. The summed E-state index contributed by atoms with van der Waals surface area (Å²) in [7, 11) is -1.31. The predicted octanol–water partition coefficient (Wildman–Crippen LogP) is -1.38. The van der Waals surface area contributed by atoms with E-state index in [-0.39, 0.29) is 0 Å². The predicted molar refractivity (Wildman–Crippen MR) is 83.6 cm³/mol. The summed E-state index contributed by atoms with van der Waals surface area (Å²) in [6.45, 7) is -0.594. The number of ether oxygens (including phenoxy) is 1. The molecule has 0 aromatic carbocycles. The van der Waals surface area contributed by atoms with Crippen molar-refractivity contribution in [3.05, 3.63) is 12.7 Å². The van der Waals surface area contributed by atoms with Crippen molar-refractivity contribution >= 4 is 24.8 Å². The molecule has 3 heterocycles. The first-order chi connectivity index (χ1) is 11.7. The van der Waals surface area contributed by atoms with E-state index in [0.717, 1.165) is 0 Å². The number of nitrogens with zero attached hydrogens (tertiary/aromatic N) is 5. The Kier molecular flexibility index (Phi) is 4.77. The fourth-order valence-corrected chi connectivity index (χ4v) is 3.32. The van der Waals surface area contributed by atoms with Gasteiger partial charge in [0.2, 0.25) is 0 Å². The van der Waals surface area contributed by atoms with E-state index in [0.29, 0.717) is 17.0 Å². The van der Waals surface area contributed by atoms with Gasteiger partial charge < -0.3 is 29.6 Å². The first kappa shape index (κ1) is 18.1. The molecule has 12 nitrogen and oxygen atoms in total. The molecule has 0 bridgehead atoms. The third-order valence-electron chi connectivity index (χ3n) is 3.79. The highest BCUT2D eigenvalue weighted by molar-refractivity contribution is 7.46. The second kappa shape index (κ2) is 6.57. The lowest BCUT2D eigenvalue weighted by Gasteiger charge is -2.20. The molecule has 13 heteroatoms. The topological polar surface area (TPSA) is 163 Å². The number of aromatic nitrogens is 4. The van der Waals surface area contributed by atoms with E-state index < -0.39 is 39.0 Å². The summed E-state index contributed by atoms with van der Waals surface area (Å²) in [4.78, 5) is 32.2. The summed E-state index contributed by atoms with van der Waals surface area (Å²) in [6, 6.07) is 0. The normalized spacial score (nSPS) is 27.1. The number of hydrogen-bond acceptors (Lipinski definition) is 9. The summed E-state index contributed by atoms with van der Waals surface area (Å²) in [5, 5.41) is 19.8. The highest BCUT2D eigenvalue weighted by Crippen LogP contribution is 2.44. The molecule has 0 aliphatic carbocycles. The molecule has 0 radical (unpaired) electrons. The van der Waals surface area contributed by atoms with E-state index in [4.69, 9.17) is 14.5 Å². The van der Waals surface area contributed by atoms with Gasteiger partial charge in [-0.15, -0.1) is 0 Å². The molecule has 25 heavy (non-hydrogen) atoms.